The van der Waals surface area contributed by atoms with Crippen molar-refractivity contribution >= 4 is 21.6 Å². The Morgan fingerprint density at radius 3 is 3.00 bits per heavy atom. The van der Waals surface area contributed by atoms with Crippen molar-refractivity contribution in [2.75, 3.05) is 16.8 Å². The maximum absolute atomic E-state index is 11.8. The Labute approximate surface area is 106 Å². The van der Waals surface area contributed by atoms with Crippen molar-refractivity contribution in [2.45, 2.75) is 26.2 Å². The Kier molecular flexibility index (Phi) is 3.70. The van der Waals surface area contributed by atoms with Gasteiger partial charge in [-0.25, -0.2) is 8.42 Å². The molecule has 7 heteroatoms. The summed E-state index contributed by atoms with van der Waals surface area (Å²) in [5.74, 6) is -0.183. The monoisotopic (exact) mass is 271 g/mol. The normalized spacial score (nSPS) is 21.9. The SMILES string of the molecule is CCCc1cc(NC(=O)C2CCS(=O)(=O)C2)n[nH]1. The number of rotatable bonds is 4. The molecular formula is C11H17N3O3S. The molecule has 0 aromatic carbocycles. The molecule has 2 rings (SSSR count). The van der Waals surface area contributed by atoms with E-state index in [4.69, 9.17) is 0 Å². The molecule has 6 nitrogen and oxygen atoms in total. The molecule has 1 amide bonds. The summed E-state index contributed by atoms with van der Waals surface area (Å²) >= 11 is 0. The highest BCUT2D eigenvalue weighted by Crippen LogP contribution is 2.20. The molecule has 1 aromatic rings. The molecule has 2 heterocycles. The second-order valence-corrected chi connectivity index (χ2v) is 6.85. The minimum Gasteiger partial charge on any atom is -0.309 e. The first kappa shape index (κ1) is 13.1. The topological polar surface area (TPSA) is 91.9 Å². The predicted octanol–water partition coefficient (Wildman–Crippen LogP) is 0.735. The third-order valence-electron chi connectivity index (χ3n) is 3.00. The average Bonchev–Trinajstić information content (AvgIpc) is 2.86. The third-order valence-corrected chi connectivity index (χ3v) is 4.77. The van der Waals surface area contributed by atoms with Crippen molar-refractivity contribution in [3.05, 3.63) is 11.8 Å². The van der Waals surface area contributed by atoms with Gasteiger partial charge in [0.2, 0.25) is 5.91 Å². The summed E-state index contributed by atoms with van der Waals surface area (Å²) in [5.41, 5.74) is 0.965. The lowest BCUT2D eigenvalue weighted by Gasteiger charge is -2.06. The van der Waals surface area contributed by atoms with Gasteiger partial charge in [-0.2, -0.15) is 5.10 Å². The third kappa shape index (κ3) is 3.10. The molecule has 1 atom stereocenters. The van der Waals surface area contributed by atoms with Gasteiger partial charge in [0.1, 0.15) is 0 Å². The van der Waals surface area contributed by atoms with Gasteiger partial charge in [-0.05, 0) is 12.8 Å². The number of H-pyrrole nitrogens is 1. The van der Waals surface area contributed by atoms with Crippen LogP contribution in [0.5, 0.6) is 0 Å². The van der Waals surface area contributed by atoms with E-state index in [1.807, 2.05) is 0 Å². The lowest BCUT2D eigenvalue weighted by atomic mass is 10.1. The fourth-order valence-electron chi connectivity index (χ4n) is 2.05. The van der Waals surface area contributed by atoms with E-state index >= 15 is 0 Å². The number of aromatic amines is 1. The van der Waals surface area contributed by atoms with E-state index in [9.17, 15) is 13.2 Å². The first-order valence-corrected chi connectivity index (χ1v) is 7.88. The molecular weight excluding hydrogens is 254 g/mol. The second kappa shape index (κ2) is 5.09. The quantitative estimate of drug-likeness (QED) is 0.844. The number of hydrogen-bond donors (Lipinski definition) is 2. The molecule has 0 spiro atoms. The Balaban J connectivity index is 1.95. The van der Waals surface area contributed by atoms with E-state index in [0.717, 1.165) is 18.5 Å². The van der Waals surface area contributed by atoms with Crippen LogP contribution in [0.1, 0.15) is 25.5 Å². The molecule has 1 fully saturated rings. The van der Waals surface area contributed by atoms with Gasteiger partial charge in [-0.3, -0.25) is 9.89 Å². The molecule has 1 saturated heterocycles. The maximum Gasteiger partial charge on any atom is 0.229 e. The largest absolute Gasteiger partial charge is 0.309 e. The fourth-order valence-corrected chi connectivity index (χ4v) is 3.79. The maximum atomic E-state index is 11.8. The van der Waals surface area contributed by atoms with Crippen LogP contribution in [0.15, 0.2) is 6.07 Å². The van der Waals surface area contributed by atoms with E-state index in [-0.39, 0.29) is 17.4 Å². The van der Waals surface area contributed by atoms with Gasteiger partial charge >= 0.3 is 0 Å². The zero-order valence-corrected chi connectivity index (χ0v) is 11.1. The van der Waals surface area contributed by atoms with Crippen LogP contribution in [0.3, 0.4) is 0 Å². The average molecular weight is 271 g/mol. The van der Waals surface area contributed by atoms with Crippen LogP contribution >= 0.6 is 0 Å². The molecule has 2 N–H and O–H groups in total. The first-order chi connectivity index (χ1) is 8.50. The fraction of sp³-hybridized carbons (Fsp3) is 0.636. The van der Waals surface area contributed by atoms with Crippen LogP contribution in [0.25, 0.3) is 0 Å². The van der Waals surface area contributed by atoms with Crippen molar-refractivity contribution in [3.8, 4) is 0 Å². The van der Waals surface area contributed by atoms with Crippen molar-refractivity contribution in [1.82, 2.24) is 10.2 Å². The lowest BCUT2D eigenvalue weighted by molar-refractivity contribution is -0.119. The molecule has 1 aliphatic rings. The van der Waals surface area contributed by atoms with Crippen molar-refractivity contribution in [1.29, 1.82) is 0 Å². The van der Waals surface area contributed by atoms with Gasteiger partial charge in [0.15, 0.2) is 15.7 Å². The predicted molar refractivity (Wildman–Crippen MR) is 68.0 cm³/mol. The molecule has 1 unspecified atom stereocenters. The van der Waals surface area contributed by atoms with E-state index in [0.29, 0.717) is 12.2 Å². The summed E-state index contributed by atoms with van der Waals surface area (Å²) < 4.78 is 22.6. The summed E-state index contributed by atoms with van der Waals surface area (Å²) in [4.78, 5) is 11.8. The van der Waals surface area contributed by atoms with Crippen LogP contribution in [0, 0.1) is 5.92 Å². The number of nitrogens with zero attached hydrogens (tertiary/aromatic N) is 1. The van der Waals surface area contributed by atoms with Crippen molar-refractivity contribution in [3.63, 3.8) is 0 Å². The van der Waals surface area contributed by atoms with Crippen LogP contribution in [-0.4, -0.2) is 36.0 Å². The van der Waals surface area contributed by atoms with E-state index in [1.54, 1.807) is 6.07 Å². The molecule has 0 saturated carbocycles. The number of amides is 1. The van der Waals surface area contributed by atoms with Crippen LogP contribution in [-0.2, 0) is 21.1 Å². The molecule has 18 heavy (non-hydrogen) atoms. The van der Waals surface area contributed by atoms with Gasteiger partial charge in [0.25, 0.3) is 0 Å². The minimum absolute atomic E-state index is 0.0505. The number of sulfone groups is 1. The van der Waals surface area contributed by atoms with E-state index < -0.39 is 15.8 Å². The van der Waals surface area contributed by atoms with E-state index in [2.05, 4.69) is 22.4 Å². The number of carbonyl (C=O) groups excluding carboxylic acids is 1. The summed E-state index contributed by atoms with van der Waals surface area (Å²) in [7, 11) is -3.03. The van der Waals surface area contributed by atoms with Crippen molar-refractivity contribution in [2.24, 2.45) is 5.92 Å². The molecule has 0 bridgehead atoms. The summed E-state index contributed by atoms with van der Waals surface area (Å²) in [6.45, 7) is 2.06. The van der Waals surface area contributed by atoms with Crippen LogP contribution < -0.4 is 5.32 Å². The number of carbonyl (C=O) groups is 1. The Morgan fingerprint density at radius 1 is 1.61 bits per heavy atom. The molecule has 1 aliphatic heterocycles. The number of aromatic nitrogens is 2. The summed E-state index contributed by atoms with van der Waals surface area (Å²) in [6.07, 6.45) is 2.28. The standard InChI is InChI=1S/C11H17N3O3S/c1-2-3-9-6-10(14-13-9)12-11(15)8-4-5-18(16,17)7-8/h6,8H,2-5,7H2,1H3,(H2,12,13,14,15). The summed E-state index contributed by atoms with van der Waals surface area (Å²) in [5, 5.41) is 9.47. The van der Waals surface area contributed by atoms with Crippen LogP contribution in [0.4, 0.5) is 5.82 Å². The molecule has 1 aromatic heterocycles. The van der Waals surface area contributed by atoms with Gasteiger partial charge in [0, 0.05) is 11.8 Å². The minimum atomic E-state index is -3.03. The zero-order chi connectivity index (χ0) is 13.2. The highest BCUT2D eigenvalue weighted by molar-refractivity contribution is 7.91. The highest BCUT2D eigenvalue weighted by Gasteiger charge is 2.33. The Hall–Kier alpha value is -1.37. The zero-order valence-electron chi connectivity index (χ0n) is 10.3. The first-order valence-electron chi connectivity index (χ1n) is 6.06. The molecule has 100 valence electrons. The molecule has 0 radical (unpaired) electrons. The van der Waals surface area contributed by atoms with Gasteiger partial charge in [-0.15, -0.1) is 0 Å². The second-order valence-electron chi connectivity index (χ2n) is 4.62. The van der Waals surface area contributed by atoms with E-state index in [1.165, 1.54) is 0 Å². The number of anilines is 1. The van der Waals surface area contributed by atoms with Gasteiger partial charge < -0.3 is 5.32 Å². The van der Waals surface area contributed by atoms with Gasteiger partial charge in [0.05, 0.1) is 17.4 Å². The number of nitrogens with one attached hydrogen (secondary N) is 2. The van der Waals surface area contributed by atoms with Crippen molar-refractivity contribution < 1.29 is 13.2 Å². The Morgan fingerprint density at radius 2 is 2.39 bits per heavy atom. The lowest BCUT2D eigenvalue weighted by Crippen LogP contribution is -2.23. The Bertz CT molecular complexity index is 535. The van der Waals surface area contributed by atoms with Gasteiger partial charge in [-0.1, -0.05) is 13.3 Å². The van der Waals surface area contributed by atoms with Crippen LogP contribution in [0.2, 0.25) is 0 Å². The smallest absolute Gasteiger partial charge is 0.229 e. The summed E-state index contributed by atoms with van der Waals surface area (Å²) in [6, 6.07) is 1.78. The number of hydrogen-bond acceptors (Lipinski definition) is 4. The molecule has 0 aliphatic carbocycles. The number of aryl methyl sites for hydroxylation is 1. The highest BCUT2D eigenvalue weighted by atomic mass is 32.2.